The highest BCUT2D eigenvalue weighted by Gasteiger charge is 2.17. The van der Waals surface area contributed by atoms with Crippen LogP contribution in [0.3, 0.4) is 0 Å². The molecule has 1 rings (SSSR count). The molecule has 0 aliphatic carbocycles. The Balaban J connectivity index is 2.77. The Morgan fingerprint density at radius 1 is 1.38 bits per heavy atom. The summed E-state index contributed by atoms with van der Waals surface area (Å²) in [6, 6.07) is 5.14. The summed E-state index contributed by atoms with van der Waals surface area (Å²) >= 11 is 11.6. The monoisotopic (exact) mass is 261 g/mol. The summed E-state index contributed by atoms with van der Waals surface area (Å²) in [5.41, 5.74) is 6.22. The first kappa shape index (κ1) is 13.3. The van der Waals surface area contributed by atoms with Crippen LogP contribution >= 0.6 is 23.2 Å². The number of nitrogens with two attached hydrogens (primary N) is 1. The van der Waals surface area contributed by atoms with Gasteiger partial charge in [-0.1, -0.05) is 29.3 Å². The summed E-state index contributed by atoms with van der Waals surface area (Å²) in [6.45, 7) is 0.359. The second-order valence-corrected chi connectivity index (χ2v) is 4.38. The molecular weight excluding hydrogens is 249 g/mol. The first-order chi connectivity index (χ1) is 7.54. The fraction of sp³-hybridized carbons (Fsp3) is 0.364. The quantitative estimate of drug-likeness (QED) is 0.857. The molecule has 16 heavy (non-hydrogen) atoms. The Labute approximate surface area is 104 Å². The highest BCUT2D eigenvalue weighted by Crippen LogP contribution is 2.24. The highest BCUT2D eigenvalue weighted by molar-refractivity contribution is 6.42. The third-order valence-corrected chi connectivity index (χ3v) is 3.07. The smallest absolute Gasteiger partial charge is 0.306 e. The molecule has 0 bridgehead atoms. The van der Waals surface area contributed by atoms with Crippen LogP contribution in [0.25, 0.3) is 0 Å². The van der Waals surface area contributed by atoms with Gasteiger partial charge in [0.15, 0.2) is 0 Å². The Bertz CT molecular complexity index is 382. The lowest BCUT2D eigenvalue weighted by Crippen LogP contribution is -2.20. The van der Waals surface area contributed by atoms with Crippen LogP contribution in [0.15, 0.2) is 18.2 Å². The summed E-state index contributed by atoms with van der Waals surface area (Å²) in [7, 11) is 0. The summed E-state index contributed by atoms with van der Waals surface area (Å²) in [4.78, 5) is 10.9. The van der Waals surface area contributed by atoms with Crippen LogP contribution < -0.4 is 5.73 Å². The van der Waals surface area contributed by atoms with E-state index in [1.54, 1.807) is 18.2 Å². The van der Waals surface area contributed by atoms with Crippen molar-refractivity contribution in [1.29, 1.82) is 0 Å². The molecule has 3 nitrogen and oxygen atoms in total. The van der Waals surface area contributed by atoms with Crippen molar-refractivity contribution in [3.63, 3.8) is 0 Å². The fourth-order valence-corrected chi connectivity index (χ4v) is 1.79. The predicted molar refractivity (Wildman–Crippen MR) is 65.0 cm³/mol. The molecule has 0 fully saturated rings. The Hall–Kier alpha value is -0.770. The molecule has 1 unspecified atom stereocenters. The largest absolute Gasteiger partial charge is 0.481 e. The molecule has 1 aromatic carbocycles. The molecule has 1 atom stereocenters. The molecule has 0 amide bonds. The van der Waals surface area contributed by atoms with E-state index in [2.05, 4.69) is 0 Å². The van der Waals surface area contributed by atoms with Crippen LogP contribution in [-0.4, -0.2) is 17.6 Å². The van der Waals surface area contributed by atoms with Gasteiger partial charge in [-0.15, -0.1) is 0 Å². The molecule has 0 radical (unpaired) electrons. The van der Waals surface area contributed by atoms with Gasteiger partial charge < -0.3 is 10.8 Å². The molecule has 0 heterocycles. The van der Waals surface area contributed by atoms with E-state index in [-0.39, 0.29) is 0 Å². The van der Waals surface area contributed by atoms with Crippen molar-refractivity contribution in [2.24, 2.45) is 11.7 Å². The summed E-state index contributed by atoms with van der Waals surface area (Å²) in [6.07, 6.45) is 0.874. The summed E-state index contributed by atoms with van der Waals surface area (Å²) in [5, 5.41) is 9.88. The minimum Gasteiger partial charge on any atom is -0.481 e. The molecule has 0 spiro atoms. The van der Waals surface area contributed by atoms with Gasteiger partial charge >= 0.3 is 5.97 Å². The maximum Gasteiger partial charge on any atom is 0.306 e. The molecule has 3 N–H and O–H groups in total. The number of benzene rings is 1. The van der Waals surface area contributed by atoms with Crippen LogP contribution in [0, 0.1) is 5.92 Å². The number of carboxylic acid groups (broad SMARTS) is 1. The maximum absolute atomic E-state index is 10.9. The van der Waals surface area contributed by atoms with Gasteiger partial charge in [0.25, 0.3) is 0 Å². The van der Waals surface area contributed by atoms with Gasteiger partial charge in [0.2, 0.25) is 0 Å². The van der Waals surface area contributed by atoms with Crippen LogP contribution in [0.4, 0.5) is 0 Å². The van der Waals surface area contributed by atoms with Gasteiger partial charge in [-0.3, -0.25) is 4.79 Å². The maximum atomic E-state index is 10.9. The number of carboxylic acids is 1. The number of halogens is 2. The van der Waals surface area contributed by atoms with Crippen LogP contribution in [0.5, 0.6) is 0 Å². The van der Waals surface area contributed by atoms with E-state index in [1.807, 2.05) is 0 Å². The zero-order valence-corrected chi connectivity index (χ0v) is 10.1. The lowest BCUT2D eigenvalue weighted by molar-refractivity contribution is -0.141. The van der Waals surface area contributed by atoms with Crippen LogP contribution in [-0.2, 0) is 11.2 Å². The number of rotatable bonds is 5. The van der Waals surface area contributed by atoms with Crippen molar-refractivity contribution in [3.8, 4) is 0 Å². The molecule has 0 aliphatic heterocycles. The van der Waals surface area contributed by atoms with Crippen molar-refractivity contribution < 1.29 is 9.90 Å². The molecular formula is C11H13Cl2NO2. The van der Waals surface area contributed by atoms with Crippen molar-refractivity contribution in [1.82, 2.24) is 0 Å². The van der Waals surface area contributed by atoms with Crippen molar-refractivity contribution in [3.05, 3.63) is 33.8 Å². The Morgan fingerprint density at radius 3 is 2.56 bits per heavy atom. The molecule has 0 aliphatic rings. The predicted octanol–water partition coefficient (Wildman–Crippen LogP) is 2.59. The summed E-state index contributed by atoms with van der Waals surface area (Å²) < 4.78 is 0. The molecule has 0 aromatic heterocycles. The third kappa shape index (κ3) is 3.67. The molecule has 88 valence electrons. The van der Waals surface area contributed by atoms with E-state index >= 15 is 0 Å². The Morgan fingerprint density at radius 2 is 2.06 bits per heavy atom. The molecule has 1 aromatic rings. The van der Waals surface area contributed by atoms with Crippen molar-refractivity contribution in [2.45, 2.75) is 12.8 Å². The van der Waals surface area contributed by atoms with Crippen LogP contribution in [0.1, 0.15) is 12.0 Å². The third-order valence-electron chi connectivity index (χ3n) is 2.33. The number of hydrogen-bond acceptors (Lipinski definition) is 2. The first-order valence-corrected chi connectivity index (χ1v) is 5.67. The Kier molecular flexibility index (Phi) is 5.06. The van der Waals surface area contributed by atoms with E-state index in [0.717, 1.165) is 5.56 Å². The minimum absolute atomic E-state index is 0.359. The van der Waals surface area contributed by atoms with Gasteiger partial charge in [0, 0.05) is 0 Å². The van der Waals surface area contributed by atoms with Gasteiger partial charge in [-0.05, 0) is 37.1 Å². The van der Waals surface area contributed by atoms with Gasteiger partial charge in [0.1, 0.15) is 0 Å². The standard InChI is InChI=1S/C11H13Cl2NO2/c12-9-2-1-7(6-10(9)13)5-8(3-4-14)11(15)16/h1-2,6,8H,3-5,14H2,(H,15,16). The highest BCUT2D eigenvalue weighted by atomic mass is 35.5. The molecule has 0 saturated carbocycles. The SMILES string of the molecule is NCCC(Cc1ccc(Cl)c(Cl)c1)C(=O)O. The zero-order valence-electron chi connectivity index (χ0n) is 8.62. The zero-order chi connectivity index (χ0) is 12.1. The number of carbonyl (C=O) groups is 1. The van der Waals surface area contributed by atoms with E-state index < -0.39 is 11.9 Å². The van der Waals surface area contributed by atoms with Crippen molar-refractivity contribution in [2.75, 3.05) is 6.54 Å². The van der Waals surface area contributed by atoms with E-state index in [4.69, 9.17) is 34.0 Å². The van der Waals surface area contributed by atoms with Crippen molar-refractivity contribution >= 4 is 29.2 Å². The minimum atomic E-state index is -0.837. The summed E-state index contributed by atoms with van der Waals surface area (Å²) in [5.74, 6) is -1.31. The number of hydrogen-bond donors (Lipinski definition) is 2. The average Bonchev–Trinajstić information content (AvgIpc) is 2.22. The fourth-order valence-electron chi connectivity index (χ4n) is 1.47. The normalized spacial score (nSPS) is 12.4. The second-order valence-electron chi connectivity index (χ2n) is 3.57. The average molecular weight is 262 g/mol. The lowest BCUT2D eigenvalue weighted by Gasteiger charge is -2.11. The van der Waals surface area contributed by atoms with E-state index in [0.29, 0.717) is 29.4 Å². The van der Waals surface area contributed by atoms with Gasteiger partial charge in [-0.25, -0.2) is 0 Å². The van der Waals surface area contributed by atoms with Crippen LogP contribution in [0.2, 0.25) is 10.0 Å². The molecule has 5 heteroatoms. The van der Waals surface area contributed by atoms with Gasteiger partial charge in [0.05, 0.1) is 16.0 Å². The molecule has 0 saturated heterocycles. The van der Waals surface area contributed by atoms with Gasteiger partial charge in [-0.2, -0.15) is 0 Å². The van der Waals surface area contributed by atoms with E-state index in [1.165, 1.54) is 0 Å². The lowest BCUT2D eigenvalue weighted by atomic mass is 9.96. The topological polar surface area (TPSA) is 63.3 Å². The number of aliphatic carboxylic acids is 1. The van der Waals surface area contributed by atoms with E-state index in [9.17, 15) is 4.79 Å². The first-order valence-electron chi connectivity index (χ1n) is 4.91. The second kappa shape index (κ2) is 6.09.